The minimum absolute atomic E-state index is 0.769. The van der Waals surface area contributed by atoms with Gasteiger partial charge in [0.1, 0.15) is 0 Å². The van der Waals surface area contributed by atoms with E-state index < -0.39 is 0 Å². The first-order valence-corrected chi connectivity index (χ1v) is 6.40. The highest BCUT2D eigenvalue weighted by Gasteiger charge is 1.98. The SMILES string of the molecule is CCN(CC)CCOCCc1cccc(N)c1. The zero-order valence-electron chi connectivity index (χ0n) is 11.0. The lowest BCUT2D eigenvalue weighted by Crippen LogP contribution is -2.27. The van der Waals surface area contributed by atoms with Crippen LogP contribution in [0.15, 0.2) is 24.3 Å². The van der Waals surface area contributed by atoms with E-state index in [4.69, 9.17) is 10.5 Å². The van der Waals surface area contributed by atoms with E-state index in [1.807, 2.05) is 18.2 Å². The highest BCUT2D eigenvalue weighted by atomic mass is 16.5. The number of ether oxygens (including phenoxy) is 1. The molecule has 0 radical (unpaired) electrons. The lowest BCUT2D eigenvalue weighted by Gasteiger charge is -2.17. The van der Waals surface area contributed by atoms with E-state index in [2.05, 4.69) is 24.8 Å². The summed E-state index contributed by atoms with van der Waals surface area (Å²) in [6, 6.07) is 7.99. The molecular formula is C14H24N2O. The largest absolute Gasteiger partial charge is 0.399 e. The highest BCUT2D eigenvalue weighted by Crippen LogP contribution is 2.07. The van der Waals surface area contributed by atoms with E-state index in [9.17, 15) is 0 Å². The number of hydrogen-bond acceptors (Lipinski definition) is 3. The van der Waals surface area contributed by atoms with Crippen LogP contribution in [0, 0.1) is 0 Å². The molecule has 96 valence electrons. The Morgan fingerprint density at radius 3 is 2.59 bits per heavy atom. The maximum absolute atomic E-state index is 5.72. The fourth-order valence-corrected chi connectivity index (χ4v) is 1.77. The predicted molar refractivity (Wildman–Crippen MR) is 73.2 cm³/mol. The Labute approximate surface area is 105 Å². The first kappa shape index (κ1) is 14.0. The van der Waals surface area contributed by atoms with Gasteiger partial charge in [0, 0.05) is 12.2 Å². The van der Waals surface area contributed by atoms with Crippen molar-refractivity contribution in [1.82, 2.24) is 4.90 Å². The molecule has 2 N–H and O–H groups in total. The molecule has 0 aromatic heterocycles. The van der Waals surface area contributed by atoms with Gasteiger partial charge in [-0.3, -0.25) is 0 Å². The number of hydrogen-bond donors (Lipinski definition) is 1. The normalized spacial score (nSPS) is 11.0. The van der Waals surface area contributed by atoms with Crippen LogP contribution in [-0.2, 0) is 11.2 Å². The zero-order chi connectivity index (χ0) is 12.5. The molecule has 0 aliphatic carbocycles. The summed E-state index contributed by atoms with van der Waals surface area (Å²) < 4.78 is 5.63. The third-order valence-electron chi connectivity index (χ3n) is 2.93. The molecule has 0 saturated carbocycles. The standard InChI is InChI=1S/C14H24N2O/c1-3-16(4-2)9-11-17-10-8-13-6-5-7-14(15)12-13/h5-7,12H,3-4,8-11,15H2,1-2H3. The summed E-state index contributed by atoms with van der Waals surface area (Å²) in [5.41, 5.74) is 7.79. The van der Waals surface area contributed by atoms with E-state index in [1.54, 1.807) is 0 Å². The maximum Gasteiger partial charge on any atom is 0.0593 e. The predicted octanol–water partition coefficient (Wildman–Crippen LogP) is 2.17. The van der Waals surface area contributed by atoms with Gasteiger partial charge in [0.15, 0.2) is 0 Å². The average molecular weight is 236 g/mol. The Hall–Kier alpha value is -1.06. The van der Waals surface area contributed by atoms with Gasteiger partial charge >= 0.3 is 0 Å². The van der Waals surface area contributed by atoms with Crippen LogP contribution in [0.3, 0.4) is 0 Å². The van der Waals surface area contributed by atoms with Crippen molar-refractivity contribution in [3.8, 4) is 0 Å². The minimum Gasteiger partial charge on any atom is -0.399 e. The molecule has 0 heterocycles. The quantitative estimate of drug-likeness (QED) is 0.555. The molecule has 0 amide bonds. The lowest BCUT2D eigenvalue weighted by molar-refractivity contribution is 0.109. The van der Waals surface area contributed by atoms with Crippen LogP contribution in [0.4, 0.5) is 5.69 Å². The monoisotopic (exact) mass is 236 g/mol. The Balaban J connectivity index is 2.12. The first-order valence-electron chi connectivity index (χ1n) is 6.40. The summed E-state index contributed by atoms with van der Waals surface area (Å²) in [6.07, 6.45) is 0.934. The van der Waals surface area contributed by atoms with Crippen molar-refractivity contribution >= 4 is 5.69 Å². The second-order valence-electron chi connectivity index (χ2n) is 4.13. The van der Waals surface area contributed by atoms with Crippen molar-refractivity contribution in [2.24, 2.45) is 0 Å². The number of nitrogen functional groups attached to an aromatic ring is 1. The van der Waals surface area contributed by atoms with Crippen molar-refractivity contribution in [3.05, 3.63) is 29.8 Å². The van der Waals surface area contributed by atoms with Crippen LogP contribution in [0.1, 0.15) is 19.4 Å². The van der Waals surface area contributed by atoms with E-state index in [0.717, 1.165) is 45.0 Å². The van der Waals surface area contributed by atoms with Gasteiger partial charge in [0.25, 0.3) is 0 Å². The van der Waals surface area contributed by atoms with Crippen molar-refractivity contribution in [2.75, 3.05) is 38.6 Å². The fraction of sp³-hybridized carbons (Fsp3) is 0.571. The van der Waals surface area contributed by atoms with E-state index in [0.29, 0.717) is 0 Å². The molecule has 0 spiro atoms. The van der Waals surface area contributed by atoms with Crippen molar-refractivity contribution in [1.29, 1.82) is 0 Å². The summed E-state index contributed by atoms with van der Waals surface area (Å²) in [7, 11) is 0. The molecule has 0 aliphatic rings. The smallest absolute Gasteiger partial charge is 0.0593 e. The second kappa shape index (κ2) is 8.09. The van der Waals surface area contributed by atoms with Gasteiger partial charge in [-0.2, -0.15) is 0 Å². The number of likely N-dealkylation sites (N-methyl/N-ethyl adjacent to an activating group) is 1. The Morgan fingerprint density at radius 2 is 1.94 bits per heavy atom. The summed E-state index contributed by atoms with van der Waals surface area (Å²) in [4.78, 5) is 2.36. The maximum atomic E-state index is 5.72. The molecular weight excluding hydrogens is 212 g/mol. The molecule has 3 heteroatoms. The van der Waals surface area contributed by atoms with Crippen molar-refractivity contribution in [3.63, 3.8) is 0 Å². The van der Waals surface area contributed by atoms with Crippen LogP contribution in [0.5, 0.6) is 0 Å². The third kappa shape index (κ3) is 5.71. The minimum atomic E-state index is 0.769. The molecule has 1 rings (SSSR count). The molecule has 0 aliphatic heterocycles. The lowest BCUT2D eigenvalue weighted by atomic mass is 10.1. The molecule has 3 nitrogen and oxygen atoms in total. The van der Waals surface area contributed by atoms with Crippen LogP contribution in [0.2, 0.25) is 0 Å². The van der Waals surface area contributed by atoms with Gasteiger partial charge < -0.3 is 15.4 Å². The topological polar surface area (TPSA) is 38.5 Å². The molecule has 0 saturated heterocycles. The van der Waals surface area contributed by atoms with Crippen LogP contribution >= 0.6 is 0 Å². The van der Waals surface area contributed by atoms with E-state index in [1.165, 1.54) is 5.56 Å². The Kier molecular flexibility index (Phi) is 6.67. The van der Waals surface area contributed by atoms with Gasteiger partial charge in [-0.1, -0.05) is 26.0 Å². The number of benzene rings is 1. The van der Waals surface area contributed by atoms with Crippen LogP contribution in [-0.4, -0.2) is 37.7 Å². The number of anilines is 1. The molecule has 1 aromatic carbocycles. The molecule has 1 aromatic rings. The van der Waals surface area contributed by atoms with Gasteiger partial charge in [-0.15, -0.1) is 0 Å². The fourth-order valence-electron chi connectivity index (χ4n) is 1.77. The molecule has 0 fully saturated rings. The second-order valence-corrected chi connectivity index (χ2v) is 4.13. The van der Waals surface area contributed by atoms with Gasteiger partial charge in [-0.25, -0.2) is 0 Å². The average Bonchev–Trinajstić information content (AvgIpc) is 2.34. The summed E-state index contributed by atoms with van der Waals surface area (Å²) >= 11 is 0. The molecule has 0 bridgehead atoms. The Bertz CT molecular complexity index is 311. The summed E-state index contributed by atoms with van der Waals surface area (Å²) in [6.45, 7) is 9.13. The summed E-state index contributed by atoms with van der Waals surface area (Å²) in [5.74, 6) is 0. The number of rotatable bonds is 8. The first-order chi connectivity index (χ1) is 8.26. The van der Waals surface area contributed by atoms with Gasteiger partial charge in [0.2, 0.25) is 0 Å². The van der Waals surface area contributed by atoms with Crippen LogP contribution < -0.4 is 5.73 Å². The molecule has 0 atom stereocenters. The Morgan fingerprint density at radius 1 is 1.18 bits per heavy atom. The molecule has 17 heavy (non-hydrogen) atoms. The zero-order valence-corrected chi connectivity index (χ0v) is 11.0. The number of nitrogens with zero attached hydrogens (tertiary/aromatic N) is 1. The molecule has 0 unspecified atom stereocenters. The van der Waals surface area contributed by atoms with Crippen LogP contribution in [0.25, 0.3) is 0 Å². The van der Waals surface area contributed by atoms with Crippen molar-refractivity contribution < 1.29 is 4.74 Å². The van der Waals surface area contributed by atoms with Gasteiger partial charge in [0.05, 0.1) is 13.2 Å². The van der Waals surface area contributed by atoms with Crippen molar-refractivity contribution in [2.45, 2.75) is 20.3 Å². The van der Waals surface area contributed by atoms with E-state index >= 15 is 0 Å². The number of nitrogens with two attached hydrogens (primary N) is 1. The third-order valence-corrected chi connectivity index (χ3v) is 2.93. The van der Waals surface area contributed by atoms with E-state index in [-0.39, 0.29) is 0 Å². The van der Waals surface area contributed by atoms with Gasteiger partial charge in [-0.05, 0) is 37.2 Å². The highest BCUT2D eigenvalue weighted by molar-refractivity contribution is 5.40. The summed E-state index contributed by atoms with van der Waals surface area (Å²) in [5, 5.41) is 0.